The van der Waals surface area contributed by atoms with Crippen LogP contribution in [0.5, 0.6) is 0 Å². The Hall–Kier alpha value is -2.83. The van der Waals surface area contributed by atoms with Gasteiger partial charge in [-0.15, -0.1) is 0 Å². The standard InChI is InChI=1S/C19H15Cl2N5O/c1-11-16(18(27)25-13-5-3-2-4-6-13)17(26-19(24-11)22-10-23-26)12-7-8-14(20)15(21)9-12/h2-10,17H,1H3,(H,25,27)(H,22,23,24). The number of hydrogen-bond donors (Lipinski definition) is 2. The summed E-state index contributed by atoms with van der Waals surface area (Å²) in [6.45, 7) is 1.84. The van der Waals surface area contributed by atoms with Gasteiger partial charge in [-0.05, 0) is 36.8 Å². The van der Waals surface area contributed by atoms with E-state index < -0.39 is 6.04 Å². The minimum absolute atomic E-state index is 0.233. The quantitative estimate of drug-likeness (QED) is 0.679. The number of para-hydroxylation sites is 1. The van der Waals surface area contributed by atoms with Crippen molar-refractivity contribution in [1.29, 1.82) is 0 Å². The predicted octanol–water partition coefficient (Wildman–Crippen LogP) is 4.51. The summed E-state index contributed by atoms with van der Waals surface area (Å²) >= 11 is 12.3. The number of carbonyl (C=O) groups excluding carboxylic acids is 1. The van der Waals surface area contributed by atoms with Crippen LogP contribution in [-0.4, -0.2) is 20.7 Å². The van der Waals surface area contributed by atoms with Crippen molar-refractivity contribution in [1.82, 2.24) is 14.8 Å². The van der Waals surface area contributed by atoms with Gasteiger partial charge in [-0.25, -0.2) is 4.68 Å². The van der Waals surface area contributed by atoms with E-state index in [-0.39, 0.29) is 5.91 Å². The lowest BCUT2D eigenvalue weighted by Crippen LogP contribution is -2.31. The Balaban J connectivity index is 1.79. The fraction of sp³-hybridized carbons (Fsp3) is 0.105. The van der Waals surface area contributed by atoms with Crippen LogP contribution in [0.15, 0.2) is 66.1 Å². The van der Waals surface area contributed by atoms with E-state index in [0.717, 1.165) is 5.56 Å². The normalized spacial score (nSPS) is 15.9. The number of allylic oxidation sites excluding steroid dienone is 1. The Labute approximate surface area is 165 Å². The first-order valence-corrected chi connectivity index (χ1v) is 8.99. The third-order valence-corrected chi connectivity index (χ3v) is 5.07. The summed E-state index contributed by atoms with van der Waals surface area (Å²) < 4.78 is 1.66. The number of amides is 1. The maximum atomic E-state index is 13.1. The topological polar surface area (TPSA) is 71.8 Å². The van der Waals surface area contributed by atoms with Gasteiger partial charge in [0, 0.05) is 11.4 Å². The van der Waals surface area contributed by atoms with Crippen LogP contribution in [0.1, 0.15) is 18.5 Å². The summed E-state index contributed by atoms with van der Waals surface area (Å²) in [7, 11) is 0. The number of fused-ring (bicyclic) bond motifs is 1. The van der Waals surface area contributed by atoms with E-state index in [2.05, 4.69) is 20.7 Å². The molecule has 0 saturated heterocycles. The van der Waals surface area contributed by atoms with Gasteiger partial charge in [0.1, 0.15) is 12.4 Å². The lowest BCUT2D eigenvalue weighted by Gasteiger charge is -2.29. The Kier molecular flexibility index (Phi) is 4.59. The second kappa shape index (κ2) is 7.06. The van der Waals surface area contributed by atoms with Crippen molar-refractivity contribution in [3.8, 4) is 0 Å². The van der Waals surface area contributed by atoms with Crippen molar-refractivity contribution in [3.63, 3.8) is 0 Å². The zero-order valence-electron chi connectivity index (χ0n) is 14.3. The lowest BCUT2D eigenvalue weighted by atomic mass is 9.95. The van der Waals surface area contributed by atoms with E-state index in [4.69, 9.17) is 23.2 Å². The molecule has 1 atom stereocenters. The van der Waals surface area contributed by atoms with Crippen LogP contribution in [0.4, 0.5) is 11.6 Å². The molecule has 6 nitrogen and oxygen atoms in total. The van der Waals surface area contributed by atoms with Crippen LogP contribution in [0.2, 0.25) is 10.0 Å². The molecule has 2 N–H and O–H groups in total. The fourth-order valence-corrected chi connectivity index (χ4v) is 3.40. The molecule has 1 aliphatic heterocycles. The molecule has 1 unspecified atom stereocenters. The van der Waals surface area contributed by atoms with Crippen molar-refractivity contribution in [2.24, 2.45) is 0 Å². The van der Waals surface area contributed by atoms with Gasteiger partial charge < -0.3 is 10.6 Å². The Morgan fingerprint density at radius 1 is 1.15 bits per heavy atom. The Morgan fingerprint density at radius 2 is 1.93 bits per heavy atom. The number of aromatic nitrogens is 3. The van der Waals surface area contributed by atoms with Gasteiger partial charge in [0.15, 0.2) is 0 Å². The average molecular weight is 400 g/mol. The molecule has 2 aromatic carbocycles. The van der Waals surface area contributed by atoms with Gasteiger partial charge in [0.05, 0.1) is 15.6 Å². The first kappa shape index (κ1) is 17.6. The summed E-state index contributed by atoms with van der Waals surface area (Å²) in [5.74, 6) is 0.322. The third-order valence-electron chi connectivity index (χ3n) is 4.33. The van der Waals surface area contributed by atoms with Crippen molar-refractivity contribution in [2.75, 3.05) is 10.6 Å². The molecule has 3 aromatic rings. The number of benzene rings is 2. The molecule has 1 amide bonds. The number of hydrogen-bond acceptors (Lipinski definition) is 4. The van der Waals surface area contributed by atoms with Gasteiger partial charge in [0.2, 0.25) is 5.95 Å². The first-order valence-electron chi connectivity index (χ1n) is 8.23. The molecule has 0 saturated carbocycles. The number of carbonyl (C=O) groups is 1. The van der Waals surface area contributed by atoms with E-state index in [0.29, 0.717) is 33.0 Å². The van der Waals surface area contributed by atoms with E-state index in [9.17, 15) is 4.79 Å². The first-order chi connectivity index (χ1) is 13.0. The second-order valence-electron chi connectivity index (χ2n) is 6.09. The van der Waals surface area contributed by atoms with Crippen molar-refractivity contribution in [2.45, 2.75) is 13.0 Å². The summed E-state index contributed by atoms with van der Waals surface area (Å²) in [5, 5.41) is 11.2. The van der Waals surface area contributed by atoms with Gasteiger partial charge in [-0.3, -0.25) is 4.79 Å². The van der Waals surface area contributed by atoms with Crippen molar-refractivity contribution < 1.29 is 4.79 Å². The van der Waals surface area contributed by atoms with E-state index >= 15 is 0 Å². The SMILES string of the molecule is CC1=C(C(=O)Nc2ccccc2)C(c2ccc(Cl)c(Cl)c2)n2ncnc2N1. The summed E-state index contributed by atoms with van der Waals surface area (Å²) in [5.41, 5.74) is 2.71. The van der Waals surface area contributed by atoms with Crippen LogP contribution in [0.25, 0.3) is 0 Å². The van der Waals surface area contributed by atoms with Crippen LogP contribution in [0, 0.1) is 0 Å². The maximum Gasteiger partial charge on any atom is 0.255 e. The fourth-order valence-electron chi connectivity index (χ4n) is 3.10. The lowest BCUT2D eigenvalue weighted by molar-refractivity contribution is -0.113. The molecule has 2 heterocycles. The molecule has 1 aromatic heterocycles. The zero-order valence-corrected chi connectivity index (χ0v) is 15.8. The second-order valence-corrected chi connectivity index (χ2v) is 6.90. The molecule has 8 heteroatoms. The minimum atomic E-state index is -0.484. The monoisotopic (exact) mass is 399 g/mol. The van der Waals surface area contributed by atoms with Crippen molar-refractivity contribution in [3.05, 3.63) is 81.7 Å². The average Bonchev–Trinajstić information content (AvgIpc) is 3.11. The number of rotatable bonds is 3. The van der Waals surface area contributed by atoms with Gasteiger partial charge in [0.25, 0.3) is 5.91 Å². The molecule has 4 rings (SSSR count). The maximum absolute atomic E-state index is 13.1. The van der Waals surface area contributed by atoms with Crippen LogP contribution in [-0.2, 0) is 4.79 Å². The molecular weight excluding hydrogens is 385 g/mol. The van der Waals surface area contributed by atoms with Crippen LogP contribution < -0.4 is 10.6 Å². The number of halogens is 2. The van der Waals surface area contributed by atoms with Gasteiger partial charge >= 0.3 is 0 Å². The van der Waals surface area contributed by atoms with Gasteiger partial charge in [-0.2, -0.15) is 10.1 Å². The minimum Gasteiger partial charge on any atom is -0.328 e. The molecule has 0 bridgehead atoms. The summed E-state index contributed by atoms with van der Waals surface area (Å²) in [4.78, 5) is 17.3. The van der Waals surface area contributed by atoms with E-state index in [1.807, 2.05) is 43.3 Å². The molecule has 0 aliphatic carbocycles. The summed E-state index contributed by atoms with van der Waals surface area (Å²) in [6.07, 6.45) is 1.44. The highest BCUT2D eigenvalue weighted by atomic mass is 35.5. The molecule has 1 aliphatic rings. The Bertz CT molecular complexity index is 1050. The van der Waals surface area contributed by atoms with Crippen molar-refractivity contribution >= 4 is 40.7 Å². The predicted molar refractivity (Wildman–Crippen MR) is 106 cm³/mol. The molecule has 136 valence electrons. The zero-order chi connectivity index (χ0) is 19.0. The molecule has 0 spiro atoms. The Morgan fingerprint density at radius 3 is 2.67 bits per heavy atom. The van der Waals surface area contributed by atoms with Gasteiger partial charge in [-0.1, -0.05) is 47.5 Å². The number of nitrogens with zero attached hydrogens (tertiary/aromatic N) is 3. The highest BCUT2D eigenvalue weighted by molar-refractivity contribution is 6.42. The number of anilines is 2. The third kappa shape index (κ3) is 3.29. The molecule has 27 heavy (non-hydrogen) atoms. The highest BCUT2D eigenvalue weighted by Crippen LogP contribution is 2.37. The molecular formula is C19H15Cl2N5O. The van der Waals surface area contributed by atoms with Crippen LogP contribution in [0.3, 0.4) is 0 Å². The van der Waals surface area contributed by atoms with Crippen LogP contribution >= 0.6 is 23.2 Å². The smallest absolute Gasteiger partial charge is 0.255 e. The summed E-state index contributed by atoms with van der Waals surface area (Å²) in [6, 6.07) is 14.1. The largest absolute Gasteiger partial charge is 0.328 e. The molecule has 0 radical (unpaired) electrons. The van der Waals surface area contributed by atoms with E-state index in [1.54, 1.807) is 16.8 Å². The highest BCUT2D eigenvalue weighted by Gasteiger charge is 2.33. The molecule has 0 fully saturated rings. The van der Waals surface area contributed by atoms with E-state index in [1.165, 1.54) is 6.33 Å². The number of nitrogens with one attached hydrogen (secondary N) is 2.